The summed E-state index contributed by atoms with van der Waals surface area (Å²) in [7, 11) is 1.72. The number of thiazole rings is 1. The van der Waals surface area contributed by atoms with Gasteiger partial charge in [0.15, 0.2) is 5.96 Å². The van der Waals surface area contributed by atoms with Crippen molar-refractivity contribution in [3.8, 4) is 5.75 Å². The van der Waals surface area contributed by atoms with E-state index in [-0.39, 0.29) is 29.8 Å². The van der Waals surface area contributed by atoms with E-state index in [4.69, 9.17) is 4.74 Å². The number of benzene rings is 1. The van der Waals surface area contributed by atoms with Gasteiger partial charge in [-0.25, -0.2) is 9.37 Å². The van der Waals surface area contributed by atoms with Crippen molar-refractivity contribution in [2.24, 2.45) is 4.99 Å². The molecule has 0 saturated carbocycles. The average molecular weight is 464 g/mol. The zero-order valence-corrected chi connectivity index (χ0v) is 17.1. The fourth-order valence-electron chi connectivity index (χ4n) is 2.02. The van der Waals surface area contributed by atoms with Crippen molar-refractivity contribution in [1.29, 1.82) is 0 Å². The molecule has 0 unspecified atom stereocenters. The molecular weight excluding hydrogens is 442 g/mol. The van der Waals surface area contributed by atoms with Crippen molar-refractivity contribution in [2.75, 3.05) is 20.2 Å². The number of aryl methyl sites for hydroxylation is 2. The Morgan fingerprint density at radius 1 is 1.33 bits per heavy atom. The van der Waals surface area contributed by atoms with E-state index in [9.17, 15) is 4.39 Å². The maximum atomic E-state index is 13.0. The Hall–Kier alpha value is -1.42. The van der Waals surface area contributed by atoms with Gasteiger partial charge >= 0.3 is 0 Å². The number of hydrogen-bond acceptors (Lipinski definition) is 4. The molecule has 0 fully saturated rings. The van der Waals surface area contributed by atoms with Crippen LogP contribution in [0.5, 0.6) is 5.75 Å². The van der Waals surface area contributed by atoms with Gasteiger partial charge in [-0.1, -0.05) is 6.07 Å². The van der Waals surface area contributed by atoms with E-state index in [2.05, 4.69) is 20.6 Å². The van der Waals surface area contributed by atoms with Crippen LogP contribution in [0.2, 0.25) is 0 Å². The van der Waals surface area contributed by atoms with Crippen LogP contribution in [0.1, 0.15) is 15.6 Å². The van der Waals surface area contributed by atoms with Gasteiger partial charge in [-0.05, 0) is 26.0 Å². The molecule has 2 N–H and O–H groups in total. The third-order valence-electron chi connectivity index (χ3n) is 3.10. The molecule has 0 radical (unpaired) electrons. The molecule has 1 aromatic heterocycles. The quantitative estimate of drug-likeness (QED) is 0.298. The summed E-state index contributed by atoms with van der Waals surface area (Å²) < 4.78 is 18.5. The van der Waals surface area contributed by atoms with Crippen LogP contribution in [0.4, 0.5) is 4.39 Å². The summed E-state index contributed by atoms with van der Waals surface area (Å²) in [4.78, 5) is 9.76. The fourth-order valence-corrected chi connectivity index (χ4v) is 2.89. The lowest BCUT2D eigenvalue weighted by atomic mass is 10.3. The molecular formula is C16H22FIN4OS. The molecule has 0 bridgehead atoms. The third-order valence-corrected chi connectivity index (χ3v) is 4.17. The maximum absolute atomic E-state index is 13.0. The van der Waals surface area contributed by atoms with E-state index in [1.165, 1.54) is 17.0 Å². The van der Waals surface area contributed by atoms with Crippen LogP contribution in [0, 0.1) is 19.7 Å². The third kappa shape index (κ3) is 6.60. The second kappa shape index (κ2) is 10.4. The molecule has 132 valence electrons. The Morgan fingerprint density at radius 2 is 2.12 bits per heavy atom. The molecule has 24 heavy (non-hydrogen) atoms. The number of nitrogens with one attached hydrogen (secondary N) is 2. The molecule has 0 amide bonds. The van der Waals surface area contributed by atoms with Gasteiger partial charge in [-0.3, -0.25) is 4.99 Å². The SMILES string of the molecule is CN=C(NCCOc1cccc(F)c1)NCc1sc(C)nc1C.I. The van der Waals surface area contributed by atoms with Crippen molar-refractivity contribution in [2.45, 2.75) is 20.4 Å². The number of nitrogens with zero attached hydrogens (tertiary/aromatic N) is 2. The summed E-state index contributed by atoms with van der Waals surface area (Å²) >= 11 is 1.68. The molecule has 0 aliphatic heterocycles. The van der Waals surface area contributed by atoms with Crippen LogP contribution in [-0.2, 0) is 6.54 Å². The lowest BCUT2D eigenvalue weighted by Gasteiger charge is -2.12. The van der Waals surface area contributed by atoms with Crippen LogP contribution in [-0.4, -0.2) is 31.1 Å². The van der Waals surface area contributed by atoms with Crippen LogP contribution >= 0.6 is 35.3 Å². The van der Waals surface area contributed by atoms with E-state index in [0.29, 0.717) is 31.4 Å². The minimum absolute atomic E-state index is 0. The molecule has 0 atom stereocenters. The molecule has 0 saturated heterocycles. The van der Waals surface area contributed by atoms with Gasteiger partial charge in [0.25, 0.3) is 0 Å². The van der Waals surface area contributed by atoms with Gasteiger partial charge < -0.3 is 15.4 Å². The van der Waals surface area contributed by atoms with Crippen LogP contribution in [0.3, 0.4) is 0 Å². The number of aliphatic imine (C=N–C) groups is 1. The topological polar surface area (TPSA) is 58.5 Å². The van der Waals surface area contributed by atoms with E-state index < -0.39 is 0 Å². The van der Waals surface area contributed by atoms with Crippen molar-refractivity contribution < 1.29 is 9.13 Å². The average Bonchev–Trinajstić information content (AvgIpc) is 2.84. The first-order valence-corrected chi connectivity index (χ1v) is 8.16. The van der Waals surface area contributed by atoms with Gasteiger partial charge in [0.05, 0.1) is 23.8 Å². The predicted molar refractivity (Wildman–Crippen MR) is 107 cm³/mol. The lowest BCUT2D eigenvalue weighted by Crippen LogP contribution is -2.38. The van der Waals surface area contributed by atoms with Crippen LogP contribution in [0.25, 0.3) is 0 Å². The van der Waals surface area contributed by atoms with Crippen molar-refractivity contribution in [3.05, 3.63) is 45.7 Å². The molecule has 5 nitrogen and oxygen atoms in total. The fraction of sp³-hybridized carbons (Fsp3) is 0.375. The molecule has 2 rings (SSSR count). The summed E-state index contributed by atoms with van der Waals surface area (Å²) in [5.74, 6) is 0.909. The van der Waals surface area contributed by atoms with E-state index in [1.54, 1.807) is 30.5 Å². The number of guanidine groups is 1. The van der Waals surface area contributed by atoms with Crippen LogP contribution < -0.4 is 15.4 Å². The van der Waals surface area contributed by atoms with Crippen molar-refractivity contribution in [3.63, 3.8) is 0 Å². The molecule has 0 aliphatic carbocycles. The highest BCUT2D eigenvalue weighted by atomic mass is 127. The highest BCUT2D eigenvalue weighted by Gasteiger charge is 2.05. The van der Waals surface area contributed by atoms with E-state index >= 15 is 0 Å². The summed E-state index contributed by atoms with van der Waals surface area (Å²) in [5, 5.41) is 7.46. The number of hydrogen-bond donors (Lipinski definition) is 2. The smallest absolute Gasteiger partial charge is 0.191 e. The monoisotopic (exact) mass is 464 g/mol. The molecule has 0 aliphatic rings. The Balaban J connectivity index is 0.00000288. The van der Waals surface area contributed by atoms with Gasteiger partial charge in [0.1, 0.15) is 18.2 Å². The minimum Gasteiger partial charge on any atom is -0.492 e. The molecule has 2 aromatic rings. The zero-order valence-electron chi connectivity index (χ0n) is 13.9. The standard InChI is InChI=1S/C16H21FN4OS.HI/c1-11-15(23-12(2)21-11)10-20-16(18-3)19-7-8-22-14-6-4-5-13(17)9-14;/h4-6,9H,7-8,10H2,1-3H3,(H2,18,19,20);1H. The highest BCUT2D eigenvalue weighted by molar-refractivity contribution is 14.0. The highest BCUT2D eigenvalue weighted by Crippen LogP contribution is 2.16. The Morgan fingerprint density at radius 3 is 2.75 bits per heavy atom. The summed E-state index contributed by atoms with van der Waals surface area (Å²) in [5.41, 5.74) is 1.05. The molecule has 0 spiro atoms. The second-order valence-electron chi connectivity index (χ2n) is 4.90. The first kappa shape index (κ1) is 20.6. The lowest BCUT2D eigenvalue weighted by molar-refractivity contribution is 0.320. The number of rotatable bonds is 6. The second-order valence-corrected chi connectivity index (χ2v) is 6.19. The first-order chi connectivity index (χ1) is 11.1. The van der Waals surface area contributed by atoms with Crippen molar-refractivity contribution in [1.82, 2.24) is 15.6 Å². The van der Waals surface area contributed by atoms with Gasteiger partial charge in [-0.15, -0.1) is 35.3 Å². The largest absolute Gasteiger partial charge is 0.492 e. The normalized spacial score (nSPS) is 10.9. The first-order valence-electron chi connectivity index (χ1n) is 7.34. The Labute approximate surface area is 162 Å². The van der Waals surface area contributed by atoms with E-state index in [1.807, 2.05) is 13.8 Å². The van der Waals surface area contributed by atoms with Gasteiger partial charge in [0.2, 0.25) is 0 Å². The Bertz CT molecular complexity index is 678. The molecule has 8 heteroatoms. The summed E-state index contributed by atoms with van der Waals surface area (Å²) in [6.45, 7) is 5.67. The summed E-state index contributed by atoms with van der Waals surface area (Å²) in [6.07, 6.45) is 0. The minimum atomic E-state index is -0.303. The predicted octanol–water partition coefficient (Wildman–Crippen LogP) is 3.26. The molecule has 1 aromatic carbocycles. The zero-order chi connectivity index (χ0) is 16.7. The number of aromatic nitrogens is 1. The Kier molecular flexibility index (Phi) is 8.98. The maximum Gasteiger partial charge on any atom is 0.191 e. The van der Waals surface area contributed by atoms with Crippen molar-refractivity contribution >= 4 is 41.3 Å². The van der Waals surface area contributed by atoms with Gasteiger partial charge in [0, 0.05) is 18.0 Å². The van der Waals surface area contributed by atoms with E-state index in [0.717, 1.165) is 10.7 Å². The number of halogens is 2. The number of ether oxygens (including phenoxy) is 1. The van der Waals surface area contributed by atoms with Crippen LogP contribution in [0.15, 0.2) is 29.3 Å². The summed E-state index contributed by atoms with van der Waals surface area (Å²) in [6, 6.07) is 6.10. The van der Waals surface area contributed by atoms with Gasteiger partial charge in [-0.2, -0.15) is 0 Å². The molecule has 1 heterocycles.